The molecule has 0 radical (unpaired) electrons. The summed E-state index contributed by atoms with van der Waals surface area (Å²) in [4.78, 5) is 55.9. The summed E-state index contributed by atoms with van der Waals surface area (Å²) >= 11 is 5.08. The fourth-order valence-corrected chi connectivity index (χ4v) is 12.2. The molecule has 0 unspecified atom stereocenters. The van der Waals surface area contributed by atoms with Crippen LogP contribution in [0.25, 0.3) is 0 Å². The van der Waals surface area contributed by atoms with Crippen molar-refractivity contribution in [2.24, 2.45) is 35.5 Å². The minimum Gasteiger partial charge on any atom is -1.00 e. The Morgan fingerprint density at radius 3 is 0.806 bits per heavy atom. The van der Waals surface area contributed by atoms with Crippen molar-refractivity contribution in [2.75, 3.05) is 51.1 Å². The Morgan fingerprint density at radius 1 is 0.376 bits per heavy atom. The summed E-state index contributed by atoms with van der Waals surface area (Å²) in [6, 6.07) is -1.92. The molecule has 6 rings (SSSR count). The van der Waals surface area contributed by atoms with Gasteiger partial charge in [-0.3, -0.25) is 24.0 Å². The van der Waals surface area contributed by atoms with Crippen LogP contribution in [0.1, 0.15) is 117 Å². The van der Waals surface area contributed by atoms with E-state index < -0.39 is 66.9 Å². The highest BCUT2D eigenvalue weighted by molar-refractivity contribution is 8.13. The molecule has 6 aliphatic heterocycles. The lowest BCUT2D eigenvalue weighted by atomic mass is 9.87. The van der Waals surface area contributed by atoms with E-state index in [1.807, 2.05) is 27.7 Å². The second-order valence-electron chi connectivity index (χ2n) is 25.0. The van der Waals surface area contributed by atoms with Crippen LogP contribution in [0.5, 0.6) is 0 Å². The summed E-state index contributed by atoms with van der Waals surface area (Å²) < 4.78 is 33.1. The van der Waals surface area contributed by atoms with Crippen molar-refractivity contribution in [3.8, 4) is 0 Å². The molecule has 29 nitrogen and oxygen atoms in total. The summed E-state index contributed by atoms with van der Waals surface area (Å²) in [6.07, 6.45) is -6.67. The molecule has 0 saturated carbocycles. The molecule has 33 heteroatoms. The number of carbonyl (C=O) groups is 5. The van der Waals surface area contributed by atoms with E-state index in [0.29, 0.717) is 17.9 Å². The SMILES string of the molecule is CC(=O)N[C@H]1[C@@H](O)[C@H](C)[C@@H](CO)O[C@H]1C.CC(=O)N[C@H]1[C@@H](O)[C@H](C)[C@@H](CO)O[C@H]1C.CC(=O)SCCC(=O)N[C@H]1[C@@H](O)[C@H](C)[C@@H](CO)O[C@H]1C.C[C@H]1[C@H](O)[C@H](NC(=O)CCS)[C@H](C)O[C@@H]1CO.C[C@H]1[C@H](O)[C@H]([NH3+])[C@H](C)O[C@@H]1CO.C[C@H]1[C@H](O)[C@H]([NH3+])[C@H](C)O[C@@H]1CO.[Cl-].[Cl-]. The average Bonchev–Trinajstić information content (AvgIpc) is 0.901. The van der Waals surface area contributed by atoms with Crippen LogP contribution in [-0.4, -0.2) is 287 Å². The van der Waals surface area contributed by atoms with Gasteiger partial charge in [0.25, 0.3) is 0 Å². The number of quaternary nitrogens is 2. The molecule has 0 aromatic heterocycles. The molecule has 0 aromatic rings. The highest BCUT2D eigenvalue weighted by atomic mass is 35.5. The Hall–Kier alpha value is -1.97. The third-order valence-electron chi connectivity index (χ3n) is 18.1. The molecule has 93 heavy (non-hydrogen) atoms. The van der Waals surface area contributed by atoms with Gasteiger partial charge in [0, 0.05) is 74.9 Å². The number of hydrogen-bond acceptors (Lipinski definition) is 25. The molecule has 0 bridgehead atoms. The Kier molecular flexibility index (Phi) is 46.4. The van der Waals surface area contributed by atoms with Crippen molar-refractivity contribution in [3.05, 3.63) is 0 Å². The fourth-order valence-electron chi connectivity index (χ4n) is 11.5. The van der Waals surface area contributed by atoms with Crippen molar-refractivity contribution < 1.29 is 150 Å². The second-order valence-corrected chi connectivity index (χ2v) is 26.7. The lowest BCUT2D eigenvalue weighted by Gasteiger charge is -2.42. The standard InChI is InChI=1S/C13H23NO5S.C11H21NO4S.2C10H19NO4.2C8H17NO3.2ClH/c1-7-10(6-15)19-8(2)12(13(7)18)14-11(17)4-5-20-9(3)16;1-6-8(5-13)16-7(2)10(11(6)15)12-9(14)3-4-17;2*1-5-8(4-12)15-6(2)9(10(5)14)11-7(3)13;2*1-4-6(3-10)12-5(2)7(9)8(4)11;;/h7-8,10,12-13,15,18H,4-6H2,1-3H3,(H,14,17);6-8,10-11,13,15,17H,3-5H2,1-2H3,(H,12,14);2*5-6,8-10,12,14H,4H2,1-3H3,(H,11,13);2*4-8,10-11H,3,9H2,1-2H3;2*1H/t7-,8+,10-,12-,13+;6-,7+,8-,10-,11+;2*5-,6+,8-,9-,10+;2*4-,5+,6-,7-,8+;;/m111111../s1. The van der Waals surface area contributed by atoms with Gasteiger partial charge in [-0.05, 0) is 47.3 Å². The van der Waals surface area contributed by atoms with E-state index in [4.69, 9.17) is 54.0 Å². The molecule has 4 amide bonds. The van der Waals surface area contributed by atoms with Crippen molar-refractivity contribution in [1.82, 2.24) is 21.3 Å². The van der Waals surface area contributed by atoms with Gasteiger partial charge in [0.2, 0.25) is 23.6 Å². The molecule has 0 aliphatic carbocycles. The van der Waals surface area contributed by atoms with E-state index in [9.17, 15) is 59.7 Å². The second kappa shape index (κ2) is 46.4. The van der Waals surface area contributed by atoms with E-state index in [1.54, 1.807) is 55.4 Å². The Balaban J connectivity index is 0. The lowest BCUT2D eigenvalue weighted by molar-refractivity contribution is -0.473. The quantitative estimate of drug-likeness (QED) is 0.0677. The maximum Gasteiger partial charge on any atom is 0.221 e. The van der Waals surface area contributed by atoms with Crippen molar-refractivity contribution in [2.45, 2.75) is 263 Å². The predicted molar refractivity (Wildman–Crippen MR) is 338 cm³/mol. The number of amides is 4. The van der Waals surface area contributed by atoms with Crippen LogP contribution in [0.2, 0.25) is 0 Å². The van der Waals surface area contributed by atoms with E-state index >= 15 is 0 Å². The zero-order chi connectivity index (χ0) is 70.1. The molecule has 6 aliphatic rings. The van der Waals surface area contributed by atoms with Crippen LogP contribution in [0.15, 0.2) is 0 Å². The summed E-state index contributed by atoms with van der Waals surface area (Å²) in [5.41, 5.74) is 7.64. The zero-order valence-electron chi connectivity index (χ0n) is 56.8. The molecule has 552 valence electrons. The van der Waals surface area contributed by atoms with Crippen LogP contribution >= 0.6 is 24.4 Å². The molecule has 0 aromatic carbocycles. The van der Waals surface area contributed by atoms with Crippen LogP contribution in [0.3, 0.4) is 0 Å². The predicted octanol–water partition coefficient (Wildman–Crippen LogP) is -11.2. The maximum atomic E-state index is 11.8. The van der Waals surface area contributed by atoms with Gasteiger partial charge < -0.3 is 147 Å². The Morgan fingerprint density at radius 2 is 0.591 bits per heavy atom. The number of ether oxygens (including phenoxy) is 6. The molecule has 30 atom stereocenters. The van der Waals surface area contributed by atoms with Gasteiger partial charge in [-0.1, -0.05) is 53.3 Å². The molecule has 22 N–H and O–H groups in total. The van der Waals surface area contributed by atoms with Crippen molar-refractivity contribution in [3.63, 3.8) is 0 Å². The molecular weight excluding hydrogens is 1310 g/mol. The monoisotopic (exact) mass is 1420 g/mol. The molecule has 6 saturated heterocycles. The fraction of sp³-hybridized carbons (Fsp3) is 0.917. The van der Waals surface area contributed by atoms with Crippen LogP contribution in [0, 0.1) is 35.5 Å². The van der Waals surface area contributed by atoms with E-state index in [0.717, 1.165) is 11.8 Å². The van der Waals surface area contributed by atoms with Gasteiger partial charge in [0.15, 0.2) is 5.12 Å². The third-order valence-corrected chi connectivity index (χ3v) is 19.2. The van der Waals surface area contributed by atoms with E-state index in [-0.39, 0.29) is 214 Å². The lowest BCUT2D eigenvalue weighted by Crippen LogP contribution is -3.00. The van der Waals surface area contributed by atoms with Gasteiger partial charge in [-0.25, -0.2) is 0 Å². The number of thioether (sulfide) groups is 1. The summed E-state index contributed by atoms with van der Waals surface area (Å²) in [5.74, 6) is -0.762. The smallest absolute Gasteiger partial charge is 0.221 e. The van der Waals surface area contributed by atoms with E-state index in [2.05, 4.69) is 45.4 Å². The molecule has 6 fully saturated rings. The minimum absolute atomic E-state index is 0. The average molecular weight is 1430 g/mol. The van der Waals surface area contributed by atoms with Crippen molar-refractivity contribution in [1.29, 1.82) is 0 Å². The Bertz CT molecular complexity index is 2030. The first-order valence-corrected chi connectivity index (χ1v) is 33.3. The number of carbonyl (C=O) groups excluding carboxylic acids is 5. The number of aliphatic hydroxyl groups is 12. The van der Waals surface area contributed by atoms with Gasteiger partial charge in [0.05, 0.1) is 149 Å². The van der Waals surface area contributed by atoms with E-state index in [1.165, 1.54) is 20.8 Å². The van der Waals surface area contributed by atoms with Gasteiger partial charge in [-0.15, -0.1) is 0 Å². The van der Waals surface area contributed by atoms with Crippen LogP contribution in [-0.2, 0) is 52.4 Å². The first kappa shape index (κ1) is 93.1. The number of hydrogen-bond donors (Lipinski definition) is 19. The number of rotatable bonds is 15. The van der Waals surface area contributed by atoms with Gasteiger partial charge in [0.1, 0.15) is 36.5 Å². The topological polar surface area (TPSA) is 487 Å². The molecular formula is C60H118Cl2N6O23S2. The van der Waals surface area contributed by atoms with Crippen LogP contribution < -0.4 is 57.5 Å². The van der Waals surface area contributed by atoms with Crippen LogP contribution in [0.4, 0.5) is 0 Å². The highest BCUT2D eigenvalue weighted by Crippen LogP contribution is 2.30. The number of nitrogens with one attached hydrogen (secondary N) is 4. The zero-order valence-corrected chi connectivity index (χ0v) is 60.0. The maximum absolute atomic E-state index is 11.8. The number of thiol groups is 1. The normalized spacial score (nSPS) is 40.2. The first-order chi connectivity index (χ1) is 42.5. The molecule has 0 spiro atoms. The largest absolute Gasteiger partial charge is 1.00 e. The third kappa shape index (κ3) is 29.0. The highest BCUT2D eigenvalue weighted by Gasteiger charge is 2.46. The Labute approximate surface area is 571 Å². The summed E-state index contributed by atoms with van der Waals surface area (Å²) in [6.45, 7) is 25.4. The molecule has 6 heterocycles. The van der Waals surface area contributed by atoms with Gasteiger partial charge >= 0.3 is 0 Å². The van der Waals surface area contributed by atoms with Gasteiger partial charge in [-0.2, -0.15) is 12.6 Å². The first-order valence-electron chi connectivity index (χ1n) is 31.7. The minimum atomic E-state index is -0.764. The number of halogens is 2. The summed E-state index contributed by atoms with van der Waals surface area (Å²) in [5, 5.41) is 125. The summed E-state index contributed by atoms with van der Waals surface area (Å²) in [7, 11) is 0. The van der Waals surface area contributed by atoms with Crippen molar-refractivity contribution >= 4 is 53.1 Å². The number of aliphatic hydroxyl groups excluding tert-OH is 12.